The SMILES string of the molecule is CC(C)(CO)NCC(C)(C)NC(Cc1ccccc1)c1ccccc1. The second-order valence-corrected chi connectivity index (χ2v) is 8.08. The lowest BCUT2D eigenvalue weighted by Gasteiger charge is -2.36. The molecule has 1 atom stereocenters. The van der Waals surface area contributed by atoms with Crippen LogP contribution < -0.4 is 10.6 Å². The molecule has 0 saturated carbocycles. The number of rotatable bonds is 9. The molecule has 2 rings (SSSR count). The minimum absolute atomic E-state index is 0.109. The van der Waals surface area contributed by atoms with Crippen molar-refractivity contribution < 1.29 is 5.11 Å². The van der Waals surface area contributed by atoms with Crippen molar-refractivity contribution in [2.45, 2.75) is 51.2 Å². The van der Waals surface area contributed by atoms with Crippen LogP contribution in [0.4, 0.5) is 0 Å². The molecule has 0 aliphatic heterocycles. The molecule has 0 radical (unpaired) electrons. The molecule has 25 heavy (non-hydrogen) atoms. The number of nitrogens with one attached hydrogen (secondary N) is 2. The van der Waals surface area contributed by atoms with Gasteiger partial charge < -0.3 is 15.7 Å². The van der Waals surface area contributed by atoms with E-state index in [-0.39, 0.29) is 23.7 Å². The van der Waals surface area contributed by atoms with Crippen molar-refractivity contribution in [2.24, 2.45) is 0 Å². The summed E-state index contributed by atoms with van der Waals surface area (Å²) in [6.07, 6.45) is 0.942. The van der Waals surface area contributed by atoms with Crippen molar-refractivity contribution in [2.75, 3.05) is 13.2 Å². The molecule has 0 aliphatic rings. The molecule has 136 valence electrons. The van der Waals surface area contributed by atoms with Crippen LogP contribution in [0, 0.1) is 0 Å². The molecule has 0 fully saturated rings. The first-order valence-electron chi connectivity index (χ1n) is 9.04. The standard InChI is InChI=1S/C22H32N2O/c1-21(2,16-23-22(3,4)17-25)24-20(19-13-9-6-10-14-19)15-18-11-7-5-8-12-18/h5-14,20,23-25H,15-17H2,1-4H3. The number of aliphatic hydroxyl groups is 1. The van der Waals surface area contributed by atoms with Crippen LogP contribution >= 0.6 is 0 Å². The van der Waals surface area contributed by atoms with Crippen molar-refractivity contribution in [1.82, 2.24) is 10.6 Å². The number of hydrogen-bond donors (Lipinski definition) is 3. The normalized spacial score (nSPS) is 13.6. The van der Waals surface area contributed by atoms with Crippen molar-refractivity contribution in [3.05, 3.63) is 71.8 Å². The van der Waals surface area contributed by atoms with Gasteiger partial charge in [-0.2, -0.15) is 0 Å². The van der Waals surface area contributed by atoms with Crippen LogP contribution in [0.25, 0.3) is 0 Å². The first-order valence-corrected chi connectivity index (χ1v) is 9.04. The van der Waals surface area contributed by atoms with Gasteiger partial charge in [0.05, 0.1) is 6.61 Å². The Morgan fingerprint density at radius 2 is 1.40 bits per heavy atom. The van der Waals surface area contributed by atoms with Crippen molar-refractivity contribution in [3.63, 3.8) is 0 Å². The van der Waals surface area contributed by atoms with Gasteiger partial charge in [-0.1, -0.05) is 60.7 Å². The van der Waals surface area contributed by atoms with Gasteiger partial charge in [-0.15, -0.1) is 0 Å². The van der Waals surface area contributed by atoms with Gasteiger partial charge in [0, 0.05) is 23.7 Å². The highest BCUT2D eigenvalue weighted by atomic mass is 16.3. The Bertz CT molecular complexity index is 623. The van der Waals surface area contributed by atoms with Gasteiger partial charge in [0.1, 0.15) is 0 Å². The summed E-state index contributed by atoms with van der Waals surface area (Å²) in [5.41, 5.74) is 2.23. The first-order chi connectivity index (χ1) is 11.8. The van der Waals surface area contributed by atoms with Crippen LogP contribution in [-0.2, 0) is 6.42 Å². The molecule has 0 aromatic heterocycles. The molecule has 0 spiro atoms. The van der Waals surface area contributed by atoms with E-state index in [1.165, 1.54) is 11.1 Å². The Kier molecular flexibility index (Phi) is 6.77. The van der Waals surface area contributed by atoms with Gasteiger partial charge >= 0.3 is 0 Å². The predicted molar refractivity (Wildman–Crippen MR) is 106 cm³/mol. The van der Waals surface area contributed by atoms with E-state index in [4.69, 9.17) is 0 Å². The summed E-state index contributed by atoms with van der Waals surface area (Å²) in [4.78, 5) is 0. The van der Waals surface area contributed by atoms with Crippen LogP contribution in [0.2, 0.25) is 0 Å². The monoisotopic (exact) mass is 340 g/mol. The summed E-state index contributed by atoms with van der Waals surface area (Å²) in [5, 5.41) is 16.7. The van der Waals surface area contributed by atoms with Crippen LogP contribution in [-0.4, -0.2) is 29.3 Å². The van der Waals surface area contributed by atoms with E-state index in [1.807, 2.05) is 13.8 Å². The van der Waals surface area contributed by atoms with Gasteiger partial charge in [0.25, 0.3) is 0 Å². The number of benzene rings is 2. The van der Waals surface area contributed by atoms with Gasteiger partial charge in [-0.25, -0.2) is 0 Å². The molecule has 1 unspecified atom stereocenters. The van der Waals surface area contributed by atoms with Gasteiger partial charge in [-0.3, -0.25) is 0 Å². The fraction of sp³-hybridized carbons (Fsp3) is 0.455. The average molecular weight is 341 g/mol. The lowest BCUT2D eigenvalue weighted by atomic mass is 9.94. The smallest absolute Gasteiger partial charge is 0.0607 e. The predicted octanol–water partition coefficient (Wildman–Crippen LogP) is 3.70. The van der Waals surface area contributed by atoms with Crippen LogP contribution in [0.3, 0.4) is 0 Å². The molecular formula is C22H32N2O. The summed E-state index contributed by atoms with van der Waals surface area (Å²) < 4.78 is 0. The molecule has 3 heteroatoms. The summed E-state index contributed by atoms with van der Waals surface area (Å²) >= 11 is 0. The molecule has 0 aliphatic carbocycles. The zero-order valence-corrected chi connectivity index (χ0v) is 15.9. The van der Waals surface area contributed by atoms with Crippen LogP contribution in [0.5, 0.6) is 0 Å². The van der Waals surface area contributed by atoms with Crippen molar-refractivity contribution in [1.29, 1.82) is 0 Å². The fourth-order valence-electron chi connectivity index (χ4n) is 2.83. The van der Waals surface area contributed by atoms with E-state index in [0.29, 0.717) is 0 Å². The summed E-state index contributed by atoms with van der Waals surface area (Å²) in [7, 11) is 0. The summed E-state index contributed by atoms with van der Waals surface area (Å²) in [6.45, 7) is 9.33. The Balaban J connectivity index is 2.12. The van der Waals surface area contributed by atoms with E-state index in [2.05, 4.69) is 85.1 Å². The maximum atomic E-state index is 9.46. The second kappa shape index (κ2) is 8.61. The third kappa shape index (κ3) is 6.62. The highest BCUT2D eigenvalue weighted by Crippen LogP contribution is 2.21. The lowest BCUT2D eigenvalue weighted by Crippen LogP contribution is -2.55. The largest absolute Gasteiger partial charge is 0.394 e. The topological polar surface area (TPSA) is 44.3 Å². The Morgan fingerprint density at radius 1 is 0.840 bits per heavy atom. The van der Waals surface area contributed by atoms with Gasteiger partial charge in [0.2, 0.25) is 0 Å². The zero-order valence-electron chi connectivity index (χ0n) is 15.9. The van der Waals surface area contributed by atoms with E-state index in [1.54, 1.807) is 0 Å². The average Bonchev–Trinajstić information content (AvgIpc) is 2.61. The van der Waals surface area contributed by atoms with Crippen molar-refractivity contribution >= 4 is 0 Å². The number of hydrogen-bond acceptors (Lipinski definition) is 3. The molecule has 0 amide bonds. The highest BCUT2D eigenvalue weighted by molar-refractivity contribution is 5.24. The maximum Gasteiger partial charge on any atom is 0.0607 e. The lowest BCUT2D eigenvalue weighted by molar-refractivity contribution is 0.174. The molecule has 2 aromatic carbocycles. The van der Waals surface area contributed by atoms with E-state index < -0.39 is 0 Å². The minimum Gasteiger partial charge on any atom is -0.394 e. The highest BCUT2D eigenvalue weighted by Gasteiger charge is 2.26. The third-order valence-corrected chi connectivity index (χ3v) is 4.45. The molecular weight excluding hydrogens is 308 g/mol. The van der Waals surface area contributed by atoms with E-state index in [0.717, 1.165) is 13.0 Å². The zero-order chi connectivity index (χ0) is 18.3. The molecule has 3 nitrogen and oxygen atoms in total. The second-order valence-electron chi connectivity index (χ2n) is 8.08. The third-order valence-electron chi connectivity index (χ3n) is 4.45. The van der Waals surface area contributed by atoms with Gasteiger partial charge in [0.15, 0.2) is 0 Å². The fourth-order valence-corrected chi connectivity index (χ4v) is 2.83. The molecule has 0 heterocycles. The summed E-state index contributed by atoms with van der Waals surface area (Å²) in [5.74, 6) is 0. The van der Waals surface area contributed by atoms with Crippen molar-refractivity contribution in [3.8, 4) is 0 Å². The van der Waals surface area contributed by atoms with E-state index in [9.17, 15) is 5.11 Å². The summed E-state index contributed by atoms with van der Waals surface area (Å²) in [6, 6.07) is 21.4. The Hall–Kier alpha value is -1.68. The maximum absolute atomic E-state index is 9.46. The van der Waals surface area contributed by atoms with Crippen LogP contribution in [0.15, 0.2) is 60.7 Å². The quantitative estimate of drug-likeness (QED) is 0.652. The number of aliphatic hydroxyl groups excluding tert-OH is 1. The first kappa shape index (κ1) is 19.6. The molecule has 0 saturated heterocycles. The molecule has 3 N–H and O–H groups in total. The molecule has 2 aromatic rings. The van der Waals surface area contributed by atoms with Gasteiger partial charge in [-0.05, 0) is 45.2 Å². The van der Waals surface area contributed by atoms with E-state index >= 15 is 0 Å². The Labute approximate surface area is 152 Å². The minimum atomic E-state index is -0.277. The Morgan fingerprint density at radius 3 is 1.96 bits per heavy atom. The molecule has 0 bridgehead atoms. The van der Waals surface area contributed by atoms with Crippen LogP contribution in [0.1, 0.15) is 44.9 Å².